The second-order valence-electron chi connectivity index (χ2n) is 2.96. The van der Waals surface area contributed by atoms with Crippen molar-refractivity contribution in [3.05, 3.63) is 0 Å². The fraction of sp³-hybridized carbons (Fsp3) is 0.800. The quantitative estimate of drug-likeness (QED) is 0.442. The molecule has 0 rings (SSSR count). The van der Waals surface area contributed by atoms with E-state index in [0.29, 0.717) is 4.40 Å². The van der Waals surface area contributed by atoms with Crippen molar-refractivity contribution in [2.24, 2.45) is 4.40 Å². The molecule has 0 saturated carbocycles. The van der Waals surface area contributed by atoms with Crippen LogP contribution >= 0.6 is 0 Å². The molecular weight excluding hydrogens is 344 g/mol. The van der Waals surface area contributed by atoms with Crippen LogP contribution in [0.1, 0.15) is 0 Å². The van der Waals surface area contributed by atoms with Crippen molar-refractivity contribution in [1.82, 2.24) is 0 Å². The van der Waals surface area contributed by atoms with Crippen molar-refractivity contribution in [2.45, 2.75) is 23.5 Å². The highest BCUT2D eigenvalue weighted by atomic mass is 32.2. The molecule has 0 amide bonds. The molecule has 0 heterocycles. The summed E-state index contributed by atoms with van der Waals surface area (Å²) < 4.78 is 140. The Hall–Kier alpha value is -1.28. The van der Waals surface area contributed by atoms with E-state index in [9.17, 15) is 57.4 Å². The predicted octanol–water partition coefficient (Wildman–Crippen LogP) is 1.43. The molecule has 0 aliphatic heterocycles. The molecule has 0 radical (unpaired) electrons. The summed E-state index contributed by atoms with van der Waals surface area (Å²) in [5.41, 5.74) is -6.42. The van der Waals surface area contributed by atoms with Gasteiger partial charge >= 0.3 is 33.6 Å². The van der Waals surface area contributed by atoms with Gasteiger partial charge in [0.2, 0.25) is 0 Å². The molecule has 0 N–H and O–H groups in total. The van der Waals surface area contributed by atoms with Crippen LogP contribution in [0.4, 0.5) is 43.9 Å². The third kappa shape index (κ3) is 3.06. The molecule has 20 heavy (non-hydrogen) atoms. The maximum absolute atomic E-state index is 12.5. The smallest absolute Gasteiger partial charge is 0.518 e. The SMILES string of the molecule is O=S(=O)(N=C([O-])C(F)(F)C(F)(F)C(F)(F)F)C(F)(F)F. The Morgan fingerprint density at radius 2 is 1.20 bits per heavy atom. The molecule has 0 aromatic heterocycles. The molecule has 15 heteroatoms. The molecule has 0 aromatic rings. The molecule has 0 atom stereocenters. The van der Waals surface area contributed by atoms with Gasteiger partial charge in [-0.1, -0.05) is 0 Å². The molecule has 0 aromatic carbocycles. The number of sulfonamides is 1. The minimum Gasteiger partial charge on any atom is -0.857 e. The number of hydrogen-bond donors (Lipinski definition) is 0. The Bertz CT molecular complexity index is 500. The first-order valence-electron chi connectivity index (χ1n) is 3.79. The van der Waals surface area contributed by atoms with E-state index >= 15 is 0 Å². The molecular formula is C5F10NO3S-. The fourth-order valence-electron chi connectivity index (χ4n) is 0.531. The molecule has 120 valence electrons. The van der Waals surface area contributed by atoms with Crippen molar-refractivity contribution in [1.29, 1.82) is 0 Å². The van der Waals surface area contributed by atoms with Crippen molar-refractivity contribution in [3.8, 4) is 0 Å². The molecule has 0 aliphatic carbocycles. The second kappa shape index (κ2) is 4.63. The summed E-state index contributed by atoms with van der Waals surface area (Å²) in [6.07, 6.45) is -7.02. The van der Waals surface area contributed by atoms with E-state index in [1.54, 1.807) is 0 Å². The number of hydrogen-bond acceptors (Lipinski definition) is 3. The van der Waals surface area contributed by atoms with Crippen molar-refractivity contribution >= 4 is 15.9 Å². The van der Waals surface area contributed by atoms with Crippen molar-refractivity contribution in [3.63, 3.8) is 0 Å². The van der Waals surface area contributed by atoms with Crippen LogP contribution in [0.2, 0.25) is 0 Å². The Labute approximate surface area is 102 Å². The summed E-state index contributed by atoms with van der Waals surface area (Å²) in [5.74, 6) is -18.0. The average molecular weight is 344 g/mol. The van der Waals surface area contributed by atoms with Gasteiger partial charge in [-0.2, -0.15) is 56.7 Å². The van der Waals surface area contributed by atoms with Crippen LogP contribution in [0, 0.1) is 0 Å². The Morgan fingerprint density at radius 3 is 1.45 bits per heavy atom. The van der Waals surface area contributed by atoms with E-state index in [4.69, 9.17) is 0 Å². The predicted molar refractivity (Wildman–Crippen MR) is 38.4 cm³/mol. The van der Waals surface area contributed by atoms with Gasteiger partial charge in [-0.3, -0.25) is 0 Å². The maximum Gasteiger partial charge on any atom is 0.518 e. The normalized spacial score (nSPS) is 16.4. The first-order valence-corrected chi connectivity index (χ1v) is 5.23. The summed E-state index contributed by atoms with van der Waals surface area (Å²) in [6, 6.07) is 0. The number of nitrogens with zero attached hydrogens (tertiary/aromatic N) is 1. The largest absolute Gasteiger partial charge is 0.857 e. The fourth-order valence-corrected chi connectivity index (χ4v) is 0.967. The zero-order chi connectivity index (χ0) is 16.8. The zero-order valence-electron chi connectivity index (χ0n) is 8.36. The minimum absolute atomic E-state index is 0.710. The average Bonchev–Trinajstić information content (AvgIpc) is 2.12. The Morgan fingerprint density at radius 1 is 0.850 bits per heavy atom. The van der Waals surface area contributed by atoms with Gasteiger partial charge in [0.15, 0.2) is 0 Å². The highest BCUT2D eigenvalue weighted by Crippen LogP contribution is 2.46. The number of alkyl halides is 10. The van der Waals surface area contributed by atoms with Gasteiger partial charge < -0.3 is 5.11 Å². The minimum atomic E-state index is -7.11. The molecule has 0 aliphatic rings. The first-order chi connectivity index (χ1) is 8.38. The summed E-state index contributed by atoms with van der Waals surface area (Å²) >= 11 is 0. The summed E-state index contributed by atoms with van der Waals surface area (Å²) in [6.45, 7) is 0. The summed E-state index contributed by atoms with van der Waals surface area (Å²) in [4.78, 5) is 0. The third-order valence-corrected chi connectivity index (χ3v) is 2.51. The van der Waals surface area contributed by atoms with Crippen molar-refractivity contribution < 1.29 is 57.4 Å². The van der Waals surface area contributed by atoms with Crippen LogP contribution in [0.25, 0.3) is 0 Å². The first kappa shape index (κ1) is 18.7. The van der Waals surface area contributed by atoms with E-state index < -0.39 is 39.5 Å². The topological polar surface area (TPSA) is 69.6 Å². The van der Waals surface area contributed by atoms with E-state index in [1.165, 1.54) is 0 Å². The van der Waals surface area contributed by atoms with Crippen LogP contribution < -0.4 is 5.11 Å². The Balaban J connectivity index is 5.90. The van der Waals surface area contributed by atoms with Crippen LogP contribution in [0.5, 0.6) is 0 Å². The molecule has 0 unspecified atom stereocenters. The summed E-state index contributed by atoms with van der Waals surface area (Å²) in [7, 11) is -6.99. The van der Waals surface area contributed by atoms with Crippen LogP contribution in [0.15, 0.2) is 4.40 Å². The van der Waals surface area contributed by atoms with E-state index in [2.05, 4.69) is 0 Å². The maximum atomic E-state index is 12.5. The lowest BCUT2D eigenvalue weighted by Crippen LogP contribution is -2.59. The van der Waals surface area contributed by atoms with Gasteiger partial charge in [-0.15, -0.1) is 0 Å². The van der Waals surface area contributed by atoms with E-state index in [1.807, 2.05) is 0 Å². The second-order valence-corrected chi connectivity index (χ2v) is 4.56. The van der Waals surface area contributed by atoms with Crippen LogP contribution in [-0.4, -0.2) is 37.8 Å². The monoisotopic (exact) mass is 344 g/mol. The van der Waals surface area contributed by atoms with Gasteiger partial charge in [-0.05, 0) is 0 Å². The highest BCUT2D eigenvalue weighted by Gasteiger charge is 2.73. The number of halogens is 10. The third-order valence-electron chi connectivity index (χ3n) is 1.51. The highest BCUT2D eigenvalue weighted by molar-refractivity contribution is 7.91. The Kier molecular flexibility index (Phi) is 4.33. The van der Waals surface area contributed by atoms with Crippen LogP contribution in [0.3, 0.4) is 0 Å². The van der Waals surface area contributed by atoms with Crippen LogP contribution in [-0.2, 0) is 10.0 Å². The standard InChI is InChI=1S/C5HF10NO3S/c6-2(7,3(8,9)4(10,11)12)1(17)16-20(18,19)5(13,14)15/h(H,16,17)/p-1. The lowest BCUT2D eigenvalue weighted by atomic mass is 10.1. The van der Waals surface area contributed by atoms with Crippen molar-refractivity contribution in [2.75, 3.05) is 0 Å². The molecule has 0 spiro atoms. The molecule has 0 saturated heterocycles. The molecule has 0 fully saturated rings. The van der Waals surface area contributed by atoms with E-state index in [0.717, 1.165) is 0 Å². The molecule has 4 nitrogen and oxygen atoms in total. The van der Waals surface area contributed by atoms with Gasteiger partial charge in [0.1, 0.15) is 0 Å². The lowest BCUT2D eigenvalue weighted by Gasteiger charge is -2.31. The van der Waals surface area contributed by atoms with E-state index in [-0.39, 0.29) is 0 Å². The number of rotatable bonds is 3. The summed E-state index contributed by atoms with van der Waals surface area (Å²) in [5, 5.41) is 10.2. The van der Waals surface area contributed by atoms with Gasteiger partial charge in [0, 0.05) is 0 Å². The molecule has 0 bridgehead atoms. The lowest BCUT2D eigenvalue weighted by molar-refractivity contribution is -0.357. The zero-order valence-corrected chi connectivity index (χ0v) is 9.18. The van der Waals surface area contributed by atoms with Gasteiger partial charge in [0.25, 0.3) is 0 Å². The van der Waals surface area contributed by atoms with Gasteiger partial charge in [-0.25, -0.2) is 0 Å². The van der Waals surface area contributed by atoms with Gasteiger partial charge in [0.05, 0.1) is 5.90 Å².